The van der Waals surface area contributed by atoms with Crippen LogP contribution in [0.2, 0.25) is 0 Å². The average Bonchev–Trinajstić information content (AvgIpc) is 2.80. The number of benzene rings is 4. The summed E-state index contributed by atoms with van der Waals surface area (Å²) < 4.78 is 12.3. The number of rotatable bonds is 3. The molecule has 4 aromatic carbocycles. The molecule has 3 aliphatic rings. The largest absolute Gasteiger partial charge is 0.497 e. The Morgan fingerprint density at radius 1 is 0.552 bits per heavy atom. The molecule has 29 heavy (non-hydrogen) atoms. The van der Waals surface area contributed by atoms with Gasteiger partial charge in [0.2, 0.25) is 0 Å². The molecule has 0 N–H and O–H groups in total. The van der Waals surface area contributed by atoms with Crippen LogP contribution in [0, 0.1) is 0 Å². The lowest BCUT2D eigenvalue weighted by Gasteiger charge is -2.50. The summed E-state index contributed by atoms with van der Waals surface area (Å²) in [5.41, 5.74) is 7.04. The first-order valence-corrected chi connectivity index (χ1v) is 9.94. The van der Waals surface area contributed by atoms with Crippen LogP contribution in [0.25, 0.3) is 0 Å². The van der Waals surface area contributed by atoms with E-state index in [2.05, 4.69) is 72.8 Å². The third kappa shape index (κ3) is 2.11. The maximum atomic E-state index is 6.95. The molecule has 4 aromatic rings. The van der Waals surface area contributed by atoms with E-state index < -0.39 is 5.60 Å². The van der Waals surface area contributed by atoms with Crippen molar-refractivity contribution in [3.05, 3.63) is 130 Å². The van der Waals surface area contributed by atoms with E-state index in [4.69, 9.17) is 9.47 Å². The molecule has 0 heterocycles. The molecule has 3 aliphatic carbocycles. The standard InChI is InChI=1S/C27H20O2/c1-28-18-14-16-19(17-15-18)29-27-23-11-5-2-8-20(23)26(21-9-3-6-12-24(21)27)22-10-4-7-13-25(22)27/h2-17,26H,1H3. The molecule has 0 unspecified atom stereocenters. The second kappa shape index (κ2) is 5.99. The Labute approximate surface area is 170 Å². The van der Waals surface area contributed by atoms with Gasteiger partial charge in [0.1, 0.15) is 11.5 Å². The summed E-state index contributed by atoms with van der Waals surface area (Å²) in [5, 5.41) is 0. The van der Waals surface area contributed by atoms with Crippen molar-refractivity contribution in [2.24, 2.45) is 0 Å². The molecular formula is C27H20O2. The zero-order valence-corrected chi connectivity index (χ0v) is 16.1. The van der Waals surface area contributed by atoms with E-state index in [-0.39, 0.29) is 5.92 Å². The van der Waals surface area contributed by atoms with Crippen molar-refractivity contribution in [3.63, 3.8) is 0 Å². The highest BCUT2D eigenvalue weighted by molar-refractivity contribution is 5.70. The monoisotopic (exact) mass is 376 g/mol. The summed E-state index contributed by atoms with van der Waals surface area (Å²) in [6.07, 6.45) is 0. The Morgan fingerprint density at radius 2 is 0.966 bits per heavy atom. The van der Waals surface area contributed by atoms with Crippen LogP contribution in [0.15, 0.2) is 97.1 Å². The minimum absolute atomic E-state index is 0.250. The molecule has 0 atom stereocenters. The Bertz CT molecular complexity index is 1110. The maximum absolute atomic E-state index is 6.95. The predicted octanol–water partition coefficient (Wildman–Crippen LogP) is 5.87. The molecule has 0 aliphatic heterocycles. The normalized spacial score (nSPS) is 20.4. The number of hydrogen-bond donors (Lipinski definition) is 0. The molecule has 0 fully saturated rings. The molecular weight excluding hydrogens is 356 g/mol. The third-order valence-corrected chi connectivity index (χ3v) is 6.28. The van der Waals surface area contributed by atoms with E-state index in [0.29, 0.717) is 0 Å². The molecule has 0 saturated heterocycles. The van der Waals surface area contributed by atoms with Crippen LogP contribution in [-0.2, 0) is 5.60 Å². The molecule has 7 rings (SSSR count). The van der Waals surface area contributed by atoms with Gasteiger partial charge < -0.3 is 9.47 Å². The van der Waals surface area contributed by atoms with Gasteiger partial charge in [-0.05, 0) is 41.0 Å². The van der Waals surface area contributed by atoms with Gasteiger partial charge in [-0.25, -0.2) is 0 Å². The lowest BCUT2D eigenvalue weighted by Crippen LogP contribution is -2.46. The molecule has 2 bridgehead atoms. The first-order valence-electron chi connectivity index (χ1n) is 9.94. The van der Waals surface area contributed by atoms with Gasteiger partial charge in [-0.15, -0.1) is 0 Å². The van der Waals surface area contributed by atoms with Crippen molar-refractivity contribution in [2.45, 2.75) is 11.5 Å². The van der Waals surface area contributed by atoms with E-state index >= 15 is 0 Å². The lowest BCUT2D eigenvalue weighted by molar-refractivity contribution is 0.142. The molecule has 0 saturated carbocycles. The van der Waals surface area contributed by atoms with Crippen molar-refractivity contribution in [3.8, 4) is 11.5 Å². The zero-order valence-electron chi connectivity index (χ0n) is 16.1. The molecule has 2 heteroatoms. The first-order chi connectivity index (χ1) is 14.3. The quantitative estimate of drug-likeness (QED) is 0.445. The topological polar surface area (TPSA) is 18.5 Å². The SMILES string of the molecule is COc1ccc(OC23c4ccccc4C(c4ccccc42)c2ccccc23)cc1. The molecule has 2 nitrogen and oxygen atoms in total. The Balaban J connectivity index is 1.67. The van der Waals surface area contributed by atoms with Crippen LogP contribution < -0.4 is 9.47 Å². The van der Waals surface area contributed by atoms with Crippen molar-refractivity contribution in [1.82, 2.24) is 0 Å². The highest BCUT2D eigenvalue weighted by Crippen LogP contribution is 2.59. The fourth-order valence-electron chi connectivity index (χ4n) is 5.13. The fraction of sp³-hybridized carbons (Fsp3) is 0.111. The highest BCUT2D eigenvalue weighted by atomic mass is 16.5. The van der Waals surface area contributed by atoms with E-state index in [0.717, 1.165) is 11.5 Å². The Kier molecular flexibility index (Phi) is 3.39. The molecule has 140 valence electrons. The smallest absolute Gasteiger partial charge is 0.185 e. The third-order valence-electron chi connectivity index (χ3n) is 6.28. The summed E-state index contributed by atoms with van der Waals surface area (Å²) in [6.45, 7) is 0. The molecule has 0 spiro atoms. The molecule has 0 amide bonds. The van der Waals surface area contributed by atoms with E-state index in [1.165, 1.54) is 33.4 Å². The van der Waals surface area contributed by atoms with Crippen molar-refractivity contribution in [1.29, 1.82) is 0 Å². The van der Waals surface area contributed by atoms with E-state index in [1.54, 1.807) is 7.11 Å². The van der Waals surface area contributed by atoms with Crippen LogP contribution in [0.4, 0.5) is 0 Å². The van der Waals surface area contributed by atoms with E-state index in [1.807, 2.05) is 24.3 Å². The number of hydrogen-bond acceptors (Lipinski definition) is 2. The second-order valence-corrected chi connectivity index (χ2v) is 7.65. The van der Waals surface area contributed by atoms with Gasteiger partial charge in [-0.2, -0.15) is 0 Å². The minimum atomic E-state index is -0.660. The van der Waals surface area contributed by atoms with Crippen LogP contribution in [0.5, 0.6) is 11.5 Å². The van der Waals surface area contributed by atoms with Crippen molar-refractivity contribution < 1.29 is 9.47 Å². The highest BCUT2D eigenvalue weighted by Gasteiger charge is 2.53. The van der Waals surface area contributed by atoms with Gasteiger partial charge in [0.15, 0.2) is 5.60 Å². The second-order valence-electron chi connectivity index (χ2n) is 7.65. The number of methoxy groups -OCH3 is 1. The Morgan fingerprint density at radius 3 is 1.41 bits per heavy atom. The molecule has 0 radical (unpaired) electrons. The maximum Gasteiger partial charge on any atom is 0.185 e. The van der Waals surface area contributed by atoms with Gasteiger partial charge in [-0.1, -0.05) is 72.8 Å². The average molecular weight is 376 g/mol. The molecule has 0 aromatic heterocycles. The summed E-state index contributed by atoms with van der Waals surface area (Å²) in [4.78, 5) is 0. The summed E-state index contributed by atoms with van der Waals surface area (Å²) in [5.74, 6) is 1.90. The van der Waals surface area contributed by atoms with Gasteiger partial charge in [0.05, 0.1) is 7.11 Å². The van der Waals surface area contributed by atoms with Crippen LogP contribution >= 0.6 is 0 Å². The van der Waals surface area contributed by atoms with Gasteiger partial charge in [0.25, 0.3) is 0 Å². The zero-order chi connectivity index (χ0) is 19.4. The van der Waals surface area contributed by atoms with E-state index in [9.17, 15) is 0 Å². The summed E-state index contributed by atoms with van der Waals surface area (Å²) >= 11 is 0. The first kappa shape index (κ1) is 16.4. The summed E-state index contributed by atoms with van der Waals surface area (Å²) in [7, 11) is 1.68. The summed E-state index contributed by atoms with van der Waals surface area (Å²) in [6, 6.07) is 34.0. The fourth-order valence-corrected chi connectivity index (χ4v) is 5.13. The van der Waals surface area contributed by atoms with Gasteiger partial charge in [0, 0.05) is 22.6 Å². The van der Waals surface area contributed by atoms with Crippen molar-refractivity contribution >= 4 is 0 Å². The number of ether oxygens (including phenoxy) is 2. The van der Waals surface area contributed by atoms with Gasteiger partial charge >= 0.3 is 0 Å². The lowest BCUT2D eigenvalue weighted by atomic mass is 9.58. The predicted molar refractivity (Wildman–Crippen MR) is 114 cm³/mol. The van der Waals surface area contributed by atoms with Crippen LogP contribution in [0.1, 0.15) is 39.3 Å². The van der Waals surface area contributed by atoms with Crippen LogP contribution in [-0.4, -0.2) is 7.11 Å². The minimum Gasteiger partial charge on any atom is -0.497 e. The van der Waals surface area contributed by atoms with Gasteiger partial charge in [-0.3, -0.25) is 0 Å². The van der Waals surface area contributed by atoms with Crippen LogP contribution in [0.3, 0.4) is 0 Å². The Hall–Kier alpha value is -3.52. The van der Waals surface area contributed by atoms with Crippen molar-refractivity contribution in [2.75, 3.05) is 7.11 Å².